The van der Waals surface area contributed by atoms with E-state index in [4.69, 9.17) is 14.6 Å². The maximum atomic E-state index is 15.3. The standard InChI is InChI=1S/C28H25FN2O5/c1-2-35-27-22-10-6-9-21(20(22)12-14-30-27)26(32)23-16-25(36-17-18-7-4-3-5-8-18)19(15-24(23)29)11-13-31-28(33)34/h3-10,12,14-16,31H,2,11,13,17H2,1H3,(H,33,34). The van der Waals surface area contributed by atoms with E-state index in [1.807, 2.05) is 37.3 Å². The zero-order valence-corrected chi connectivity index (χ0v) is 19.7. The van der Waals surface area contributed by atoms with Crippen LogP contribution in [0.15, 0.2) is 72.9 Å². The molecule has 0 fully saturated rings. The van der Waals surface area contributed by atoms with Gasteiger partial charge in [-0.15, -0.1) is 0 Å². The first-order valence-corrected chi connectivity index (χ1v) is 11.5. The van der Waals surface area contributed by atoms with Crippen molar-refractivity contribution in [3.63, 3.8) is 0 Å². The third kappa shape index (κ3) is 5.60. The Morgan fingerprint density at radius 3 is 2.53 bits per heavy atom. The van der Waals surface area contributed by atoms with Crippen LogP contribution in [0.5, 0.6) is 11.6 Å². The van der Waals surface area contributed by atoms with Crippen molar-refractivity contribution in [1.29, 1.82) is 0 Å². The first kappa shape index (κ1) is 24.7. The number of hydrogen-bond acceptors (Lipinski definition) is 5. The number of fused-ring (bicyclic) bond motifs is 1. The second-order valence-corrected chi connectivity index (χ2v) is 7.97. The molecule has 8 heteroatoms. The van der Waals surface area contributed by atoms with Crippen molar-refractivity contribution in [2.24, 2.45) is 0 Å². The number of pyridine rings is 1. The van der Waals surface area contributed by atoms with Gasteiger partial charge in [-0.2, -0.15) is 0 Å². The minimum Gasteiger partial charge on any atom is -0.489 e. The van der Waals surface area contributed by atoms with Crippen LogP contribution in [-0.2, 0) is 13.0 Å². The van der Waals surface area contributed by atoms with Gasteiger partial charge in [-0.05, 0) is 54.1 Å². The average molecular weight is 489 g/mol. The Morgan fingerprint density at radius 2 is 1.78 bits per heavy atom. The quantitative estimate of drug-likeness (QED) is 0.291. The zero-order chi connectivity index (χ0) is 25.5. The summed E-state index contributed by atoms with van der Waals surface area (Å²) < 4.78 is 26.8. The lowest BCUT2D eigenvalue weighted by Gasteiger charge is -2.15. The number of ether oxygens (including phenoxy) is 2. The van der Waals surface area contributed by atoms with Crippen molar-refractivity contribution >= 4 is 22.6 Å². The van der Waals surface area contributed by atoms with Gasteiger partial charge in [-0.3, -0.25) is 4.79 Å². The number of ketones is 1. The van der Waals surface area contributed by atoms with Gasteiger partial charge in [-0.25, -0.2) is 14.2 Å². The SMILES string of the molecule is CCOc1nccc2c(C(=O)c3cc(OCc4ccccc4)c(CCNC(=O)O)cc3F)cccc12. The van der Waals surface area contributed by atoms with E-state index in [-0.39, 0.29) is 25.1 Å². The van der Waals surface area contributed by atoms with Crippen molar-refractivity contribution in [3.8, 4) is 11.6 Å². The van der Waals surface area contributed by atoms with Crippen LogP contribution in [-0.4, -0.2) is 35.1 Å². The van der Waals surface area contributed by atoms with Crippen LogP contribution >= 0.6 is 0 Å². The maximum absolute atomic E-state index is 15.3. The number of hydrogen-bond donors (Lipinski definition) is 2. The van der Waals surface area contributed by atoms with Crippen LogP contribution in [0.2, 0.25) is 0 Å². The molecule has 1 aromatic heterocycles. The molecule has 0 aliphatic carbocycles. The number of halogens is 1. The summed E-state index contributed by atoms with van der Waals surface area (Å²) in [5.41, 5.74) is 1.52. The Kier molecular flexibility index (Phi) is 7.75. The lowest BCUT2D eigenvalue weighted by atomic mass is 9.96. The second-order valence-electron chi connectivity index (χ2n) is 7.97. The molecule has 3 aromatic carbocycles. The van der Waals surface area contributed by atoms with E-state index in [0.717, 1.165) is 5.56 Å². The number of carbonyl (C=O) groups excluding carboxylic acids is 1. The summed E-state index contributed by atoms with van der Waals surface area (Å²) in [7, 11) is 0. The molecule has 0 saturated carbocycles. The molecular formula is C28H25FN2O5. The number of carbonyl (C=O) groups is 2. The summed E-state index contributed by atoms with van der Waals surface area (Å²) in [5, 5.41) is 12.4. The van der Waals surface area contributed by atoms with E-state index in [0.29, 0.717) is 40.1 Å². The summed E-state index contributed by atoms with van der Waals surface area (Å²) in [6.45, 7) is 2.53. The maximum Gasteiger partial charge on any atom is 0.404 e. The van der Waals surface area contributed by atoms with Crippen LogP contribution in [0, 0.1) is 5.82 Å². The Morgan fingerprint density at radius 1 is 0.972 bits per heavy atom. The number of amides is 1. The van der Waals surface area contributed by atoms with Crippen molar-refractivity contribution in [3.05, 3.63) is 101 Å². The molecule has 7 nitrogen and oxygen atoms in total. The van der Waals surface area contributed by atoms with Gasteiger partial charge in [-0.1, -0.05) is 42.5 Å². The fourth-order valence-electron chi connectivity index (χ4n) is 3.91. The van der Waals surface area contributed by atoms with Crippen LogP contribution in [0.3, 0.4) is 0 Å². The van der Waals surface area contributed by atoms with Crippen LogP contribution in [0.1, 0.15) is 34.0 Å². The average Bonchev–Trinajstić information content (AvgIpc) is 2.88. The van der Waals surface area contributed by atoms with Gasteiger partial charge in [0.1, 0.15) is 18.2 Å². The first-order valence-electron chi connectivity index (χ1n) is 11.5. The predicted octanol–water partition coefficient (Wildman–Crippen LogP) is 5.39. The number of rotatable bonds is 10. The molecule has 1 amide bonds. The molecule has 0 aliphatic heterocycles. The largest absolute Gasteiger partial charge is 0.489 e. The van der Waals surface area contributed by atoms with E-state index < -0.39 is 17.7 Å². The van der Waals surface area contributed by atoms with Crippen LogP contribution in [0.4, 0.5) is 9.18 Å². The molecule has 0 atom stereocenters. The molecule has 4 rings (SSSR count). The van der Waals surface area contributed by atoms with Gasteiger partial charge in [0.2, 0.25) is 5.88 Å². The Balaban J connectivity index is 1.72. The third-order valence-corrected chi connectivity index (χ3v) is 5.60. The Bertz CT molecular complexity index is 1390. The summed E-state index contributed by atoms with van der Waals surface area (Å²) in [6, 6.07) is 18.9. The van der Waals surface area contributed by atoms with Crippen LogP contribution < -0.4 is 14.8 Å². The number of carboxylic acid groups (broad SMARTS) is 1. The van der Waals surface area contributed by atoms with Crippen molar-refractivity contribution in [2.75, 3.05) is 13.2 Å². The molecule has 0 aliphatic rings. The molecule has 36 heavy (non-hydrogen) atoms. The number of nitrogens with zero attached hydrogens (tertiary/aromatic N) is 1. The van der Waals surface area contributed by atoms with Gasteiger partial charge in [0.05, 0.1) is 12.2 Å². The number of nitrogens with one attached hydrogen (secondary N) is 1. The highest BCUT2D eigenvalue weighted by molar-refractivity contribution is 6.17. The normalized spacial score (nSPS) is 10.7. The van der Waals surface area contributed by atoms with Gasteiger partial charge in [0.15, 0.2) is 5.78 Å². The predicted molar refractivity (Wildman–Crippen MR) is 133 cm³/mol. The summed E-state index contributed by atoms with van der Waals surface area (Å²) >= 11 is 0. The zero-order valence-electron chi connectivity index (χ0n) is 19.7. The van der Waals surface area contributed by atoms with Crippen molar-refractivity contribution in [2.45, 2.75) is 20.0 Å². The van der Waals surface area contributed by atoms with E-state index in [1.54, 1.807) is 30.5 Å². The fraction of sp³-hybridized carbons (Fsp3) is 0.179. The third-order valence-electron chi connectivity index (χ3n) is 5.60. The van der Waals surface area contributed by atoms with Crippen molar-refractivity contribution < 1.29 is 28.6 Å². The van der Waals surface area contributed by atoms with E-state index >= 15 is 4.39 Å². The van der Waals surface area contributed by atoms with Crippen LogP contribution in [0.25, 0.3) is 10.8 Å². The molecule has 0 bridgehead atoms. The molecule has 4 aromatic rings. The highest BCUT2D eigenvalue weighted by atomic mass is 19.1. The monoisotopic (exact) mass is 488 g/mol. The summed E-state index contributed by atoms with van der Waals surface area (Å²) in [4.78, 5) is 28.6. The Labute approximate surface area is 207 Å². The molecule has 0 unspecified atom stereocenters. The second kappa shape index (κ2) is 11.3. The summed E-state index contributed by atoms with van der Waals surface area (Å²) in [6.07, 6.45) is 0.568. The first-order chi connectivity index (χ1) is 17.5. The summed E-state index contributed by atoms with van der Waals surface area (Å²) in [5.74, 6) is -0.508. The smallest absolute Gasteiger partial charge is 0.404 e. The molecular weight excluding hydrogens is 463 g/mol. The van der Waals surface area contributed by atoms with Gasteiger partial charge < -0.3 is 19.9 Å². The number of benzene rings is 3. The lowest BCUT2D eigenvalue weighted by Crippen LogP contribution is -2.23. The topological polar surface area (TPSA) is 97.8 Å². The van der Waals surface area contributed by atoms with Crippen molar-refractivity contribution in [1.82, 2.24) is 10.3 Å². The van der Waals surface area contributed by atoms with Gasteiger partial charge in [0, 0.05) is 23.7 Å². The lowest BCUT2D eigenvalue weighted by molar-refractivity contribution is 0.103. The van der Waals surface area contributed by atoms with Gasteiger partial charge >= 0.3 is 6.09 Å². The molecule has 2 N–H and O–H groups in total. The highest BCUT2D eigenvalue weighted by Crippen LogP contribution is 2.31. The molecule has 184 valence electrons. The molecule has 0 saturated heterocycles. The highest BCUT2D eigenvalue weighted by Gasteiger charge is 2.21. The van der Waals surface area contributed by atoms with E-state index in [2.05, 4.69) is 10.3 Å². The van der Waals surface area contributed by atoms with E-state index in [1.165, 1.54) is 12.1 Å². The van der Waals surface area contributed by atoms with Gasteiger partial charge in [0.25, 0.3) is 0 Å². The molecule has 1 heterocycles. The Hall–Kier alpha value is -4.46. The molecule has 0 radical (unpaired) electrons. The number of aromatic nitrogens is 1. The minimum absolute atomic E-state index is 0.0697. The van der Waals surface area contributed by atoms with E-state index in [9.17, 15) is 9.59 Å². The minimum atomic E-state index is -1.18. The fourth-order valence-corrected chi connectivity index (χ4v) is 3.91. The molecule has 0 spiro atoms.